The Labute approximate surface area is 178 Å². The maximum absolute atomic E-state index is 13.6. The molecule has 0 aliphatic carbocycles. The average molecular weight is 426 g/mol. The van der Waals surface area contributed by atoms with Gasteiger partial charge in [-0.2, -0.15) is 0 Å². The highest BCUT2D eigenvalue weighted by Gasteiger charge is 2.60. The summed E-state index contributed by atoms with van der Waals surface area (Å²) in [5.74, 6) is 1.02. The summed E-state index contributed by atoms with van der Waals surface area (Å²) < 4.78 is 28.1. The zero-order chi connectivity index (χ0) is 22.1. The van der Waals surface area contributed by atoms with E-state index in [4.69, 9.17) is 23.7 Å². The van der Waals surface area contributed by atoms with Gasteiger partial charge in [-0.15, -0.1) is 0 Å². The van der Waals surface area contributed by atoms with Gasteiger partial charge in [-0.3, -0.25) is 4.79 Å². The number of aliphatic hydroxyl groups excluding tert-OH is 1. The first-order valence-electron chi connectivity index (χ1n) is 9.82. The molecule has 0 fully saturated rings. The third kappa shape index (κ3) is 2.58. The second-order valence-corrected chi connectivity index (χ2v) is 7.92. The fourth-order valence-corrected chi connectivity index (χ4v) is 4.42. The van der Waals surface area contributed by atoms with Crippen LogP contribution in [0.4, 0.5) is 0 Å². The van der Waals surface area contributed by atoms with E-state index in [1.54, 1.807) is 12.1 Å². The fraction of sp³-hybridized carbons (Fsp3) is 0.348. The lowest BCUT2D eigenvalue weighted by atomic mass is 9.76. The molecule has 0 aromatic heterocycles. The van der Waals surface area contributed by atoms with E-state index in [-0.39, 0.29) is 28.7 Å². The van der Waals surface area contributed by atoms with Gasteiger partial charge >= 0.3 is 0 Å². The maximum Gasteiger partial charge on any atom is 0.238 e. The molecule has 3 aliphatic heterocycles. The van der Waals surface area contributed by atoms with Crippen LogP contribution in [-0.4, -0.2) is 48.7 Å². The number of methoxy groups -OCH3 is 2. The summed E-state index contributed by atoms with van der Waals surface area (Å²) in [7, 11) is 2.90. The standard InChI is InChI=1S/C23H22O8/c1-10(2)15-7-12-14(29-15)6-5-11-19(12)31-21-22(25)30-16-9-18(28-4)17(27-3)8-13(16)23(21,26)20(11)24/h5-6,8-9,15,21-22,25-26H,1,7H2,2-4H3/t15-,21+,22-,23+/m1/s1. The van der Waals surface area contributed by atoms with Crippen LogP contribution in [0.2, 0.25) is 0 Å². The van der Waals surface area contributed by atoms with Crippen molar-refractivity contribution >= 4 is 5.78 Å². The lowest BCUT2D eigenvalue weighted by Gasteiger charge is -2.45. The number of ketones is 1. The van der Waals surface area contributed by atoms with E-state index in [1.165, 1.54) is 26.4 Å². The van der Waals surface area contributed by atoms with Gasteiger partial charge in [0.2, 0.25) is 18.2 Å². The number of hydrogen-bond acceptors (Lipinski definition) is 8. The van der Waals surface area contributed by atoms with Crippen molar-refractivity contribution in [2.45, 2.75) is 37.4 Å². The Balaban J connectivity index is 1.67. The second-order valence-electron chi connectivity index (χ2n) is 7.92. The summed E-state index contributed by atoms with van der Waals surface area (Å²) in [6.07, 6.45) is -2.73. The molecule has 162 valence electrons. The van der Waals surface area contributed by atoms with Crippen LogP contribution >= 0.6 is 0 Å². The Hall–Kier alpha value is -3.23. The van der Waals surface area contributed by atoms with Crippen molar-refractivity contribution in [3.63, 3.8) is 0 Å². The molecule has 8 nitrogen and oxygen atoms in total. The Morgan fingerprint density at radius 3 is 2.52 bits per heavy atom. The number of rotatable bonds is 3. The topological polar surface area (TPSA) is 104 Å². The molecule has 0 saturated heterocycles. The third-order valence-corrected chi connectivity index (χ3v) is 6.08. The van der Waals surface area contributed by atoms with E-state index < -0.39 is 23.8 Å². The number of benzene rings is 2. The van der Waals surface area contributed by atoms with Gasteiger partial charge in [-0.05, 0) is 30.7 Å². The molecular formula is C23H22O8. The van der Waals surface area contributed by atoms with Crippen molar-refractivity contribution in [3.05, 3.63) is 53.1 Å². The van der Waals surface area contributed by atoms with Crippen LogP contribution in [0.1, 0.15) is 28.4 Å². The molecule has 0 amide bonds. The minimum absolute atomic E-state index is 0.108. The van der Waals surface area contributed by atoms with Crippen LogP contribution in [0.5, 0.6) is 28.7 Å². The second kappa shape index (κ2) is 6.63. The third-order valence-electron chi connectivity index (χ3n) is 6.08. The van der Waals surface area contributed by atoms with Gasteiger partial charge in [0, 0.05) is 23.6 Å². The van der Waals surface area contributed by atoms with E-state index >= 15 is 0 Å². The van der Waals surface area contributed by atoms with Crippen LogP contribution in [0.15, 0.2) is 36.4 Å². The number of ether oxygens (including phenoxy) is 5. The predicted molar refractivity (Wildman–Crippen MR) is 108 cm³/mol. The van der Waals surface area contributed by atoms with E-state index in [0.717, 1.165) is 5.57 Å². The molecule has 4 atom stereocenters. The first-order chi connectivity index (χ1) is 14.8. The molecule has 2 aromatic rings. The zero-order valence-corrected chi connectivity index (χ0v) is 17.3. The SMILES string of the molecule is C=C(C)[C@H]1Cc2c(ccc3c2O[C@H]2[C@H](O)Oc4cc(OC)c(OC)cc4[C@]2(O)C3=O)O1. The maximum atomic E-state index is 13.6. The highest BCUT2D eigenvalue weighted by atomic mass is 16.6. The molecule has 3 aliphatic rings. The van der Waals surface area contributed by atoms with Crippen LogP contribution < -0.4 is 23.7 Å². The molecule has 0 bridgehead atoms. The van der Waals surface area contributed by atoms with Gasteiger partial charge in [0.1, 0.15) is 23.4 Å². The van der Waals surface area contributed by atoms with Crippen molar-refractivity contribution in [3.8, 4) is 28.7 Å². The Morgan fingerprint density at radius 1 is 1.13 bits per heavy atom. The van der Waals surface area contributed by atoms with E-state index in [0.29, 0.717) is 29.2 Å². The average Bonchev–Trinajstić information content (AvgIpc) is 3.20. The smallest absolute Gasteiger partial charge is 0.238 e. The van der Waals surface area contributed by atoms with E-state index in [9.17, 15) is 15.0 Å². The molecule has 8 heteroatoms. The van der Waals surface area contributed by atoms with Gasteiger partial charge in [0.05, 0.1) is 19.8 Å². The number of fused-ring (bicyclic) bond motifs is 6. The fourth-order valence-electron chi connectivity index (χ4n) is 4.42. The number of carbonyl (C=O) groups is 1. The summed E-state index contributed by atoms with van der Waals surface area (Å²) in [6.45, 7) is 5.80. The summed E-state index contributed by atoms with van der Waals surface area (Å²) in [6, 6.07) is 6.18. The molecule has 2 N–H and O–H groups in total. The molecule has 0 radical (unpaired) electrons. The molecule has 2 aromatic carbocycles. The number of carbonyl (C=O) groups excluding carboxylic acids is 1. The molecule has 5 rings (SSSR count). The summed E-state index contributed by atoms with van der Waals surface area (Å²) in [5, 5.41) is 22.3. The Kier molecular flexibility index (Phi) is 4.22. The minimum Gasteiger partial charge on any atom is -0.493 e. The van der Waals surface area contributed by atoms with Gasteiger partial charge < -0.3 is 33.9 Å². The first kappa shape index (κ1) is 19.7. The Bertz CT molecular complexity index is 1120. The molecule has 3 heterocycles. The summed E-state index contributed by atoms with van der Waals surface area (Å²) >= 11 is 0. The van der Waals surface area contributed by atoms with Crippen molar-refractivity contribution in [2.75, 3.05) is 14.2 Å². The normalized spacial score (nSPS) is 27.5. The van der Waals surface area contributed by atoms with Gasteiger partial charge in [0.15, 0.2) is 17.1 Å². The largest absolute Gasteiger partial charge is 0.493 e. The molecule has 0 saturated carbocycles. The van der Waals surface area contributed by atoms with Gasteiger partial charge in [-0.1, -0.05) is 6.58 Å². The lowest BCUT2D eigenvalue weighted by molar-refractivity contribution is -0.179. The first-order valence-corrected chi connectivity index (χ1v) is 9.82. The van der Waals surface area contributed by atoms with Crippen molar-refractivity contribution in [1.29, 1.82) is 0 Å². The van der Waals surface area contributed by atoms with E-state index in [1.807, 2.05) is 6.92 Å². The van der Waals surface area contributed by atoms with Crippen molar-refractivity contribution < 1.29 is 38.7 Å². The summed E-state index contributed by atoms with van der Waals surface area (Å²) in [4.78, 5) is 13.6. The van der Waals surface area contributed by atoms with Crippen LogP contribution in [0.3, 0.4) is 0 Å². The van der Waals surface area contributed by atoms with Crippen LogP contribution in [0.25, 0.3) is 0 Å². The highest BCUT2D eigenvalue weighted by molar-refractivity contribution is 6.07. The summed E-state index contributed by atoms with van der Waals surface area (Å²) in [5.41, 5.74) is -0.294. The zero-order valence-electron chi connectivity index (χ0n) is 17.3. The van der Waals surface area contributed by atoms with E-state index in [2.05, 4.69) is 6.58 Å². The predicted octanol–water partition coefficient (Wildman–Crippen LogP) is 2.13. The lowest BCUT2D eigenvalue weighted by Crippen LogP contribution is -2.61. The molecule has 31 heavy (non-hydrogen) atoms. The Morgan fingerprint density at radius 2 is 1.84 bits per heavy atom. The van der Waals surface area contributed by atoms with Gasteiger partial charge in [-0.25, -0.2) is 0 Å². The molecular weight excluding hydrogens is 404 g/mol. The van der Waals surface area contributed by atoms with Crippen LogP contribution in [0, 0.1) is 0 Å². The number of hydrogen-bond donors (Lipinski definition) is 2. The molecule has 0 spiro atoms. The molecule has 0 unspecified atom stereocenters. The highest BCUT2D eigenvalue weighted by Crippen LogP contribution is 2.52. The number of aliphatic hydroxyl groups is 2. The van der Waals surface area contributed by atoms with Gasteiger partial charge in [0.25, 0.3) is 0 Å². The minimum atomic E-state index is -2.18. The van der Waals surface area contributed by atoms with Crippen LogP contribution in [-0.2, 0) is 12.0 Å². The van der Waals surface area contributed by atoms with Crippen molar-refractivity contribution in [2.24, 2.45) is 0 Å². The quantitative estimate of drug-likeness (QED) is 0.720. The number of Topliss-reactive ketones (excluding diaryl/α,β-unsaturated/α-hetero) is 1. The monoisotopic (exact) mass is 426 g/mol. The van der Waals surface area contributed by atoms with Crippen molar-refractivity contribution in [1.82, 2.24) is 0 Å².